The van der Waals surface area contributed by atoms with Gasteiger partial charge in [0.05, 0.1) is 4.88 Å². The summed E-state index contributed by atoms with van der Waals surface area (Å²) < 4.78 is 5.26. The Labute approximate surface area is 155 Å². The quantitative estimate of drug-likeness (QED) is 0.755. The van der Waals surface area contributed by atoms with Gasteiger partial charge in [-0.15, -0.1) is 11.3 Å². The summed E-state index contributed by atoms with van der Waals surface area (Å²) in [5.41, 5.74) is 0.223. The first-order valence-corrected chi connectivity index (χ1v) is 9.46. The fourth-order valence-electron chi connectivity index (χ4n) is 2.92. The lowest BCUT2D eigenvalue weighted by atomic mass is 9.99. The van der Waals surface area contributed by atoms with E-state index in [4.69, 9.17) is 4.52 Å². The minimum Gasteiger partial charge on any atom is -0.356 e. The highest BCUT2D eigenvalue weighted by Crippen LogP contribution is 2.26. The molecular formula is C18H19N5O2S. The fraction of sp³-hybridized carbons (Fsp3) is 0.333. The van der Waals surface area contributed by atoms with Crippen LogP contribution in [0.3, 0.4) is 0 Å². The van der Waals surface area contributed by atoms with E-state index in [-0.39, 0.29) is 11.6 Å². The van der Waals surface area contributed by atoms with Crippen LogP contribution < -0.4 is 10.2 Å². The lowest BCUT2D eigenvalue weighted by Gasteiger charge is -2.31. The van der Waals surface area contributed by atoms with Crippen molar-refractivity contribution in [1.29, 1.82) is 0 Å². The fourth-order valence-corrected chi connectivity index (χ4v) is 3.60. The van der Waals surface area contributed by atoms with Crippen LogP contribution in [0.2, 0.25) is 0 Å². The third kappa shape index (κ3) is 3.60. The van der Waals surface area contributed by atoms with Gasteiger partial charge in [0.15, 0.2) is 11.5 Å². The summed E-state index contributed by atoms with van der Waals surface area (Å²) in [5, 5.41) is 8.57. The van der Waals surface area contributed by atoms with Gasteiger partial charge >= 0.3 is 0 Å². The van der Waals surface area contributed by atoms with Crippen molar-refractivity contribution in [2.24, 2.45) is 5.92 Å². The number of hydrogen-bond acceptors (Lipinski definition) is 7. The van der Waals surface area contributed by atoms with Crippen LogP contribution in [0.15, 0.2) is 40.5 Å². The lowest BCUT2D eigenvalue weighted by molar-refractivity contribution is 0.101. The molecule has 26 heavy (non-hydrogen) atoms. The molecule has 0 bridgehead atoms. The van der Waals surface area contributed by atoms with Crippen molar-refractivity contribution in [3.63, 3.8) is 0 Å². The number of hydrogen-bond donors (Lipinski definition) is 1. The van der Waals surface area contributed by atoms with Gasteiger partial charge in [-0.25, -0.2) is 9.97 Å². The van der Waals surface area contributed by atoms with Crippen LogP contribution in [0.4, 0.5) is 11.6 Å². The molecule has 1 amide bonds. The van der Waals surface area contributed by atoms with Crippen LogP contribution in [-0.2, 0) is 0 Å². The first-order valence-electron chi connectivity index (χ1n) is 8.58. The molecule has 0 aromatic carbocycles. The molecule has 0 spiro atoms. The topological polar surface area (TPSA) is 84.2 Å². The van der Waals surface area contributed by atoms with Gasteiger partial charge in [0.25, 0.3) is 5.91 Å². The van der Waals surface area contributed by atoms with Crippen LogP contribution in [0.1, 0.15) is 30.3 Å². The second-order valence-corrected chi connectivity index (χ2v) is 7.39. The largest absolute Gasteiger partial charge is 0.356 e. The van der Waals surface area contributed by atoms with E-state index in [1.807, 2.05) is 17.5 Å². The predicted octanol–water partition coefficient (Wildman–Crippen LogP) is 3.68. The zero-order valence-corrected chi connectivity index (χ0v) is 15.2. The molecule has 1 fully saturated rings. The molecule has 1 N–H and O–H groups in total. The minimum atomic E-state index is -0.353. The van der Waals surface area contributed by atoms with Gasteiger partial charge in [-0.2, -0.15) is 0 Å². The van der Waals surface area contributed by atoms with Crippen molar-refractivity contribution in [3.05, 3.63) is 41.7 Å². The maximum atomic E-state index is 12.4. The van der Waals surface area contributed by atoms with Gasteiger partial charge in [-0.1, -0.05) is 18.1 Å². The Morgan fingerprint density at radius 1 is 1.31 bits per heavy atom. The highest BCUT2D eigenvalue weighted by Gasteiger charge is 2.19. The van der Waals surface area contributed by atoms with Crippen molar-refractivity contribution in [3.8, 4) is 10.6 Å². The normalized spacial score (nSPS) is 15.2. The van der Waals surface area contributed by atoms with E-state index >= 15 is 0 Å². The van der Waals surface area contributed by atoms with Crippen molar-refractivity contribution in [2.75, 3.05) is 23.3 Å². The van der Waals surface area contributed by atoms with Crippen LogP contribution in [0, 0.1) is 5.92 Å². The van der Waals surface area contributed by atoms with Crippen molar-refractivity contribution < 1.29 is 9.32 Å². The van der Waals surface area contributed by atoms with Gasteiger partial charge < -0.3 is 14.7 Å². The van der Waals surface area contributed by atoms with Gasteiger partial charge in [-0.05, 0) is 30.2 Å². The van der Waals surface area contributed by atoms with E-state index in [2.05, 4.69) is 32.3 Å². The third-order valence-corrected chi connectivity index (χ3v) is 5.39. The van der Waals surface area contributed by atoms with E-state index in [1.165, 1.54) is 17.7 Å². The molecule has 7 nitrogen and oxygen atoms in total. The molecular weight excluding hydrogens is 350 g/mol. The Bertz CT molecular complexity index is 885. The zero-order chi connectivity index (χ0) is 17.9. The molecule has 0 aliphatic carbocycles. The molecule has 1 saturated heterocycles. The molecule has 4 heterocycles. The summed E-state index contributed by atoms with van der Waals surface area (Å²) >= 11 is 1.53. The SMILES string of the molecule is CC1CCN(c2cc(NC(=O)c3cc(-c4cccs4)on3)ncn2)CC1. The van der Waals surface area contributed by atoms with E-state index in [0.29, 0.717) is 11.6 Å². The van der Waals surface area contributed by atoms with E-state index in [9.17, 15) is 4.79 Å². The number of amides is 1. The Balaban J connectivity index is 1.45. The molecule has 134 valence electrons. The van der Waals surface area contributed by atoms with Crippen molar-refractivity contribution >= 4 is 28.9 Å². The standard InChI is InChI=1S/C18H19N5O2S/c1-12-4-6-23(7-5-12)17-10-16(19-11-20-17)21-18(24)13-9-14(25-22-13)15-3-2-8-26-15/h2-3,8-12H,4-7H2,1H3,(H,19,20,21,24). The summed E-state index contributed by atoms with van der Waals surface area (Å²) in [6.45, 7) is 4.21. The van der Waals surface area contributed by atoms with Crippen LogP contribution in [0.5, 0.6) is 0 Å². The number of aromatic nitrogens is 3. The maximum absolute atomic E-state index is 12.4. The molecule has 8 heteroatoms. The average molecular weight is 369 g/mol. The van der Waals surface area contributed by atoms with Gasteiger partial charge in [-0.3, -0.25) is 4.79 Å². The van der Waals surface area contributed by atoms with E-state index in [1.54, 1.807) is 12.1 Å². The summed E-state index contributed by atoms with van der Waals surface area (Å²) in [7, 11) is 0. The Morgan fingerprint density at radius 2 is 2.15 bits per heavy atom. The molecule has 1 aliphatic heterocycles. The number of nitrogens with one attached hydrogen (secondary N) is 1. The molecule has 0 radical (unpaired) electrons. The van der Waals surface area contributed by atoms with E-state index < -0.39 is 0 Å². The first kappa shape index (κ1) is 16.7. The van der Waals surface area contributed by atoms with Crippen LogP contribution in [-0.4, -0.2) is 34.1 Å². The molecule has 3 aromatic heterocycles. The summed E-state index contributed by atoms with van der Waals surface area (Å²) in [6.07, 6.45) is 3.77. The average Bonchev–Trinajstić information content (AvgIpc) is 3.34. The molecule has 1 aliphatic rings. The first-order chi connectivity index (χ1) is 12.7. The summed E-state index contributed by atoms with van der Waals surface area (Å²) in [4.78, 5) is 24.1. The van der Waals surface area contributed by atoms with Crippen LogP contribution >= 0.6 is 11.3 Å². The maximum Gasteiger partial charge on any atom is 0.279 e. The number of piperidine rings is 1. The smallest absolute Gasteiger partial charge is 0.279 e. The monoisotopic (exact) mass is 369 g/mol. The van der Waals surface area contributed by atoms with Gasteiger partial charge in [0.1, 0.15) is 18.0 Å². The Kier molecular flexibility index (Phi) is 4.66. The number of carbonyl (C=O) groups excluding carboxylic acids is 1. The summed E-state index contributed by atoms with van der Waals surface area (Å²) in [5.74, 6) is 2.27. The van der Waals surface area contributed by atoms with Crippen molar-refractivity contribution in [1.82, 2.24) is 15.1 Å². The van der Waals surface area contributed by atoms with Crippen molar-refractivity contribution in [2.45, 2.75) is 19.8 Å². The Morgan fingerprint density at radius 3 is 2.92 bits per heavy atom. The molecule has 0 unspecified atom stereocenters. The summed E-state index contributed by atoms with van der Waals surface area (Å²) in [6, 6.07) is 7.28. The highest BCUT2D eigenvalue weighted by molar-refractivity contribution is 7.13. The number of anilines is 2. The number of thiophene rings is 1. The minimum absolute atomic E-state index is 0.223. The second-order valence-electron chi connectivity index (χ2n) is 6.44. The lowest BCUT2D eigenvalue weighted by Crippen LogP contribution is -2.33. The molecule has 0 saturated carbocycles. The number of nitrogens with zero attached hydrogens (tertiary/aromatic N) is 4. The molecule has 4 rings (SSSR count). The predicted molar refractivity (Wildman–Crippen MR) is 100 cm³/mol. The third-order valence-electron chi connectivity index (χ3n) is 4.51. The molecule has 3 aromatic rings. The molecule has 0 atom stereocenters. The number of carbonyl (C=O) groups is 1. The second kappa shape index (κ2) is 7.25. The van der Waals surface area contributed by atoms with Crippen LogP contribution in [0.25, 0.3) is 10.6 Å². The van der Waals surface area contributed by atoms with E-state index in [0.717, 1.165) is 42.5 Å². The zero-order valence-electron chi connectivity index (χ0n) is 14.4. The van der Waals surface area contributed by atoms with Gasteiger partial charge in [0, 0.05) is 25.2 Å². The van der Waals surface area contributed by atoms with Gasteiger partial charge in [0.2, 0.25) is 0 Å². The number of rotatable bonds is 4. The highest BCUT2D eigenvalue weighted by atomic mass is 32.1. The Hall–Kier alpha value is -2.74.